The first-order chi connectivity index (χ1) is 3.46. The van der Waals surface area contributed by atoms with E-state index in [9.17, 15) is 0 Å². The molecule has 11 heteroatoms. The van der Waals surface area contributed by atoms with E-state index in [2.05, 4.69) is 0 Å². The van der Waals surface area contributed by atoms with E-state index in [0.717, 1.165) is 0 Å². The first-order valence-electron chi connectivity index (χ1n) is 1.16. The monoisotopic (exact) mass is 277 g/mol. The van der Waals surface area contributed by atoms with Gasteiger partial charge in [-0.3, -0.25) is 0 Å². The van der Waals surface area contributed by atoms with Crippen molar-refractivity contribution in [3.8, 4) is 0 Å². The van der Waals surface area contributed by atoms with Gasteiger partial charge in [0, 0.05) is 0 Å². The van der Waals surface area contributed by atoms with Crippen molar-refractivity contribution < 1.29 is 32.5 Å². The summed E-state index contributed by atoms with van der Waals surface area (Å²) in [6, 6.07) is 0. The second kappa shape index (κ2) is 29.2. The fourth-order valence-electron chi connectivity index (χ4n) is 0. The average molecular weight is 278 g/mol. The SMILES string of the molecule is O=C([O-])[O-].O=[N+]([O-])[O-].[Ca+2].[Ca+2].[Ca+2].[Cl-]. The van der Waals surface area contributed by atoms with Gasteiger partial charge in [0.15, 0.2) is 0 Å². The summed E-state index contributed by atoms with van der Waals surface area (Å²) in [5.74, 6) is 0. The number of carbonyl (C=O) groups is 1. The summed E-state index contributed by atoms with van der Waals surface area (Å²) in [7, 11) is 0. The average Bonchev–Trinajstić information content (AvgIpc) is 1.25. The van der Waals surface area contributed by atoms with Crippen LogP contribution < -0.4 is 22.6 Å². The number of nitrogens with zero attached hydrogens (tertiary/aromatic N) is 1. The Morgan fingerprint density at radius 2 is 1.00 bits per heavy atom. The third kappa shape index (κ3) is 259. The van der Waals surface area contributed by atoms with E-state index in [-0.39, 0.29) is 126 Å². The van der Waals surface area contributed by atoms with Gasteiger partial charge in [-0.25, -0.2) is 0 Å². The molecule has 0 saturated carbocycles. The molecule has 0 spiro atoms. The molecule has 0 aromatic carbocycles. The third-order valence-corrected chi connectivity index (χ3v) is 0. The fourth-order valence-corrected chi connectivity index (χ4v) is 0. The fraction of sp³-hybridized carbons (Fsp3) is 0. The summed E-state index contributed by atoms with van der Waals surface area (Å²) in [5.41, 5.74) is 0. The zero-order chi connectivity index (χ0) is 7.15. The van der Waals surface area contributed by atoms with Crippen molar-refractivity contribution in [1.29, 1.82) is 0 Å². The van der Waals surface area contributed by atoms with E-state index >= 15 is 0 Å². The van der Waals surface area contributed by atoms with Crippen molar-refractivity contribution >= 4 is 119 Å². The molecule has 56 valence electrons. The molecule has 0 radical (unpaired) electrons. The molecule has 12 heavy (non-hydrogen) atoms. The van der Waals surface area contributed by atoms with Gasteiger partial charge in [-0.1, -0.05) is 0 Å². The number of halogens is 1. The third-order valence-electron chi connectivity index (χ3n) is 0. The molecule has 0 amide bonds. The van der Waals surface area contributed by atoms with E-state index in [1.807, 2.05) is 0 Å². The number of hydrogen-bond donors (Lipinski definition) is 0. The molecule has 0 fully saturated rings. The number of carboxylic acid groups (broad SMARTS) is 2. The Bertz CT molecular complexity index is 80.8. The molecule has 0 heterocycles. The van der Waals surface area contributed by atoms with Gasteiger partial charge in [-0.2, -0.15) is 0 Å². The molecule has 0 aromatic rings. The Labute approximate surface area is 163 Å². The van der Waals surface area contributed by atoms with Crippen molar-refractivity contribution in [3.05, 3.63) is 15.3 Å². The molecule has 0 aliphatic rings. The minimum Gasteiger partial charge on any atom is -1.00 e. The Balaban J connectivity index is -0.0000000112. The Morgan fingerprint density at radius 1 is 1.00 bits per heavy atom. The number of carbonyl (C=O) groups excluding carboxylic acids is 1. The minimum absolute atomic E-state index is 0. The van der Waals surface area contributed by atoms with Crippen LogP contribution in [0.25, 0.3) is 0 Å². The molecule has 0 atom stereocenters. The van der Waals surface area contributed by atoms with Gasteiger partial charge in [0.2, 0.25) is 0 Å². The number of rotatable bonds is 0. The maximum Gasteiger partial charge on any atom is 2.00 e. The van der Waals surface area contributed by atoms with Gasteiger partial charge in [-0.15, -0.1) is 0 Å². The van der Waals surface area contributed by atoms with Crippen LogP contribution in [0.15, 0.2) is 0 Å². The molecule has 0 aliphatic heterocycles. The standard InChI is InChI=1S/CH2O3.3Ca.ClH.NO3/c2-1(3)4;;;;;2-1(3)4/h(H2,2,3,4);;;;1H;/q;3*+2;;-1/p-3. The maximum atomic E-state index is 8.33. The van der Waals surface area contributed by atoms with Crippen LogP contribution in [0, 0.1) is 15.3 Å². The summed E-state index contributed by atoms with van der Waals surface area (Å²) >= 11 is 0. The zero-order valence-corrected chi connectivity index (χ0v) is 13.3. The van der Waals surface area contributed by atoms with Crippen LogP contribution in [0.3, 0.4) is 0 Å². The van der Waals surface area contributed by atoms with Crippen LogP contribution >= 0.6 is 0 Å². The topological polar surface area (TPSA) is 129 Å². The molecule has 0 bridgehead atoms. The van der Waals surface area contributed by atoms with Crippen LogP contribution in [0.4, 0.5) is 4.79 Å². The molecule has 0 aromatic heterocycles. The van der Waals surface area contributed by atoms with Crippen molar-refractivity contribution in [3.63, 3.8) is 0 Å². The van der Waals surface area contributed by atoms with E-state index < -0.39 is 11.2 Å². The first-order valence-corrected chi connectivity index (χ1v) is 1.16. The summed E-state index contributed by atoms with van der Waals surface area (Å²) in [6.45, 7) is 0. The summed E-state index contributed by atoms with van der Waals surface area (Å²) in [6.07, 6.45) is -2.33. The van der Waals surface area contributed by atoms with Gasteiger partial charge >= 0.3 is 113 Å². The van der Waals surface area contributed by atoms with Crippen molar-refractivity contribution in [2.24, 2.45) is 0 Å². The molecular weight excluding hydrogens is 278 g/mol. The van der Waals surface area contributed by atoms with Crippen LogP contribution in [0.2, 0.25) is 0 Å². The van der Waals surface area contributed by atoms with Gasteiger partial charge in [-0.05, 0) is 6.16 Å². The predicted molar refractivity (Wildman–Crippen MR) is 33.0 cm³/mol. The van der Waals surface area contributed by atoms with Gasteiger partial charge in [0.05, 0.1) is 5.09 Å². The predicted octanol–water partition coefficient (Wildman–Crippen LogP) is -6.82. The normalized spacial score (nSPS) is 4.00. The molecule has 0 rings (SSSR count). The summed E-state index contributed by atoms with van der Waals surface area (Å²) in [5, 5.41) is 31.4. The van der Waals surface area contributed by atoms with Crippen LogP contribution in [-0.2, 0) is 0 Å². The quantitative estimate of drug-likeness (QED) is 0.246. The van der Waals surface area contributed by atoms with Gasteiger partial charge < -0.3 is 42.7 Å². The molecule has 0 aliphatic carbocycles. The molecule has 0 N–H and O–H groups in total. The van der Waals surface area contributed by atoms with Crippen molar-refractivity contribution in [2.75, 3.05) is 0 Å². The van der Waals surface area contributed by atoms with Crippen molar-refractivity contribution in [2.45, 2.75) is 0 Å². The van der Waals surface area contributed by atoms with E-state index in [1.165, 1.54) is 0 Å². The summed E-state index contributed by atoms with van der Waals surface area (Å²) < 4.78 is 0. The second-order valence-electron chi connectivity index (χ2n) is 0.474. The molecule has 7 nitrogen and oxygen atoms in total. The first kappa shape index (κ1) is 36.6. The Kier molecular flexibility index (Phi) is 88.9. The van der Waals surface area contributed by atoms with E-state index in [4.69, 9.17) is 30.3 Å². The number of hydrogen-bond acceptors (Lipinski definition) is 6. The van der Waals surface area contributed by atoms with Crippen LogP contribution in [-0.4, -0.2) is 124 Å². The van der Waals surface area contributed by atoms with Crippen LogP contribution in [0.1, 0.15) is 0 Å². The maximum absolute atomic E-state index is 8.33. The van der Waals surface area contributed by atoms with Crippen molar-refractivity contribution in [1.82, 2.24) is 0 Å². The zero-order valence-electron chi connectivity index (χ0n) is 5.90. The molecule has 0 unspecified atom stereocenters. The molecular formula is CCa3ClNO6+2. The second-order valence-corrected chi connectivity index (χ2v) is 0.474. The largest absolute Gasteiger partial charge is 2.00 e. The van der Waals surface area contributed by atoms with Gasteiger partial charge in [0.25, 0.3) is 0 Å². The Hall–Kier alpha value is 2.54. The Morgan fingerprint density at radius 3 is 1.00 bits per heavy atom. The van der Waals surface area contributed by atoms with Gasteiger partial charge in [0.1, 0.15) is 0 Å². The van der Waals surface area contributed by atoms with E-state index in [1.54, 1.807) is 0 Å². The smallest absolute Gasteiger partial charge is 1.00 e. The van der Waals surface area contributed by atoms with E-state index in [0.29, 0.717) is 0 Å². The summed E-state index contributed by atoms with van der Waals surface area (Å²) in [4.78, 5) is 16.6. The van der Waals surface area contributed by atoms with Crippen LogP contribution in [0.5, 0.6) is 0 Å². The minimum atomic E-state index is -2.33. The molecule has 0 saturated heterocycles.